The fourth-order valence-electron chi connectivity index (χ4n) is 2.21. The third kappa shape index (κ3) is 3.77. The Hall–Kier alpha value is -2.68. The monoisotopic (exact) mass is 386 g/mol. The average Bonchev–Trinajstić information content (AvgIpc) is 2.97. The summed E-state index contributed by atoms with van der Waals surface area (Å²) in [4.78, 5) is 7.84. The van der Waals surface area contributed by atoms with Gasteiger partial charge in [-0.15, -0.1) is 0 Å². The molecule has 0 aliphatic heterocycles. The van der Waals surface area contributed by atoms with Crippen molar-refractivity contribution in [3.05, 3.63) is 58.8 Å². The maximum absolute atomic E-state index is 13.7. The van der Waals surface area contributed by atoms with Gasteiger partial charge in [0.2, 0.25) is 0 Å². The Kier molecular flexibility index (Phi) is 4.82. The number of nitrogens with zero attached hydrogens (tertiary/aromatic N) is 4. The van der Waals surface area contributed by atoms with E-state index < -0.39 is 17.7 Å². The Balaban J connectivity index is 1.76. The molecule has 0 spiro atoms. The van der Waals surface area contributed by atoms with Gasteiger partial charge in [-0.2, -0.15) is 18.3 Å². The summed E-state index contributed by atoms with van der Waals surface area (Å²) < 4.78 is 58.2. The highest BCUT2D eigenvalue weighted by Gasteiger charge is 2.34. The number of aromatic nitrogens is 4. The molecule has 0 aliphatic carbocycles. The minimum absolute atomic E-state index is 0.0636. The van der Waals surface area contributed by atoms with Gasteiger partial charge >= 0.3 is 12.2 Å². The van der Waals surface area contributed by atoms with Crippen molar-refractivity contribution in [1.82, 2.24) is 19.7 Å². The fourth-order valence-corrected chi connectivity index (χ4v) is 2.42. The SMILES string of the molecule is Cn1nc(C(F)(F)F)cc1-c1cnc(OCc2c(F)cccc2Cl)nc1. The van der Waals surface area contributed by atoms with E-state index in [0.717, 1.165) is 10.7 Å². The van der Waals surface area contributed by atoms with E-state index in [1.807, 2.05) is 0 Å². The molecule has 3 rings (SSSR count). The van der Waals surface area contributed by atoms with Crippen molar-refractivity contribution in [2.24, 2.45) is 7.05 Å². The maximum Gasteiger partial charge on any atom is 0.435 e. The van der Waals surface area contributed by atoms with Crippen molar-refractivity contribution in [3.63, 3.8) is 0 Å². The van der Waals surface area contributed by atoms with Crippen LogP contribution in [0.15, 0.2) is 36.7 Å². The summed E-state index contributed by atoms with van der Waals surface area (Å²) in [6.07, 6.45) is -1.95. The van der Waals surface area contributed by atoms with Gasteiger partial charge in [0.25, 0.3) is 0 Å². The zero-order valence-electron chi connectivity index (χ0n) is 13.3. The van der Waals surface area contributed by atoms with Crippen molar-refractivity contribution in [2.45, 2.75) is 12.8 Å². The molecule has 10 heteroatoms. The van der Waals surface area contributed by atoms with Gasteiger partial charge in [0.1, 0.15) is 12.4 Å². The summed E-state index contributed by atoms with van der Waals surface area (Å²) >= 11 is 5.90. The lowest BCUT2D eigenvalue weighted by Crippen LogP contribution is -2.06. The van der Waals surface area contributed by atoms with Crippen LogP contribution in [-0.4, -0.2) is 19.7 Å². The molecule has 136 valence electrons. The molecule has 2 heterocycles. The number of hydrogen-bond acceptors (Lipinski definition) is 4. The van der Waals surface area contributed by atoms with Crippen LogP contribution in [0, 0.1) is 5.82 Å². The lowest BCUT2D eigenvalue weighted by molar-refractivity contribution is -0.141. The lowest BCUT2D eigenvalue weighted by Gasteiger charge is -2.07. The summed E-state index contributed by atoms with van der Waals surface area (Å²) in [6.45, 7) is -0.186. The number of rotatable bonds is 4. The molecule has 0 bridgehead atoms. The second kappa shape index (κ2) is 6.91. The molecular weight excluding hydrogens is 376 g/mol. The Morgan fingerprint density at radius 2 is 1.88 bits per heavy atom. The molecule has 3 aromatic rings. The highest BCUT2D eigenvalue weighted by molar-refractivity contribution is 6.31. The predicted molar refractivity (Wildman–Crippen MR) is 85.0 cm³/mol. The van der Waals surface area contributed by atoms with Crippen LogP contribution in [0.25, 0.3) is 11.3 Å². The van der Waals surface area contributed by atoms with Crippen molar-refractivity contribution in [2.75, 3.05) is 0 Å². The average molecular weight is 387 g/mol. The molecule has 2 aromatic heterocycles. The summed E-state index contributed by atoms with van der Waals surface area (Å²) in [7, 11) is 1.38. The normalized spacial score (nSPS) is 11.6. The lowest BCUT2D eigenvalue weighted by atomic mass is 10.2. The van der Waals surface area contributed by atoms with Crippen LogP contribution in [0.2, 0.25) is 5.02 Å². The summed E-state index contributed by atoms with van der Waals surface area (Å²) in [5.41, 5.74) is -0.333. The summed E-state index contributed by atoms with van der Waals surface area (Å²) in [6, 6.07) is 5.07. The molecule has 0 unspecified atom stereocenters. The smallest absolute Gasteiger partial charge is 0.435 e. The van der Waals surface area contributed by atoms with Gasteiger partial charge < -0.3 is 4.74 Å². The number of benzene rings is 1. The first-order valence-corrected chi connectivity index (χ1v) is 7.63. The van der Waals surface area contributed by atoms with Crippen molar-refractivity contribution < 1.29 is 22.3 Å². The predicted octanol–water partition coefficient (Wildman–Crippen LogP) is 4.27. The number of aryl methyl sites for hydroxylation is 1. The van der Waals surface area contributed by atoms with Crippen LogP contribution in [-0.2, 0) is 19.8 Å². The molecule has 0 N–H and O–H groups in total. The van der Waals surface area contributed by atoms with E-state index in [1.165, 1.54) is 37.6 Å². The second-order valence-electron chi connectivity index (χ2n) is 5.28. The quantitative estimate of drug-likeness (QED) is 0.628. The van der Waals surface area contributed by atoms with E-state index in [9.17, 15) is 17.6 Å². The van der Waals surface area contributed by atoms with E-state index >= 15 is 0 Å². The van der Waals surface area contributed by atoms with Crippen LogP contribution in [0.4, 0.5) is 17.6 Å². The number of ether oxygens (including phenoxy) is 1. The van der Waals surface area contributed by atoms with Crippen molar-refractivity contribution in [1.29, 1.82) is 0 Å². The molecule has 1 aromatic carbocycles. The second-order valence-corrected chi connectivity index (χ2v) is 5.69. The summed E-state index contributed by atoms with van der Waals surface area (Å²) in [5.74, 6) is -0.524. The van der Waals surface area contributed by atoms with E-state index in [1.54, 1.807) is 0 Å². The van der Waals surface area contributed by atoms with Gasteiger partial charge in [-0.05, 0) is 18.2 Å². The van der Waals surface area contributed by atoms with Crippen LogP contribution in [0.5, 0.6) is 6.01 Å². The number of alkyl halides is 3. The van der Waals surface area contributed by atoms with E-state index in [-0.39, 0.29) is 28.9 Å². The van der Waals surface area contributed by atoms with Gasteiger partial charge in [-0.25, -0.2) is 14.4 Å². The van der Waals surface area contributed by atoms with Crippen LogP contribution in [0.1, 0.15) is 11.3 Å². The van der Waals surface area contributed by atoms with Crippen LogP contribution >= 0.6 is 11.6 Å². The van der Waals surface area contributed by atoms with E-state index in [4.69, 9.17) is 16.3 Å². The Morgan fingerprint density at radius 3 is 2.46 bits per heavy atom. The minimum Gasteiger partial charge on any atom is -0.458 e. The Bertz CT molecular complexity index is 905. The molecule has 26 heavy (non-hydrogen) atoms. The van der Waals surface area contributed by atoms with Gasteiger partial charge in [-0.1, -0.05) is 17.7 Å². The van der Waals surface area contributed by atoms with Crippen molar-refractivity contribution >= 4 is 11.6 Å². The largest absolute Gasteiger partial charge is 0.458 e. The standard InChI is InChI=1S/C16H11ClF4N4O/c1-25-13(5-14(24-25)16(19,20)21)9-6-22-15(23-7-9)26-8-10-11(17)3-2-4-12(10)18/h2-7H,8H2,1H3. The third-order valence-electron chi connectivity index (χ3n) is 3.50. The minimum atomic E-state index is -4.54. The van der Waals surface area contributed by atoms with E-state index in [2.05, 4.69) is 15.1 Å². The molecule has 0 saturated carbocycles. The zero-order valence-corrected chi connectivity index (χ0v) is 14.0. The third-order valence-corrected chi connectivity index (χ3v) is 3.86. The first kappa shape index (κ1) is 18.1. The maximum atomic E-state index is 13.7. The molecule has 0 atom stereocenters. The molecular formula is C16H11ClF4N4O. The van der Waals surface area contributed by atoms with Gasteiger partial charge in [0.15, 0.2) is 5.69 Å². The highest BCUT2D eigenvalue weighted by atomic mass is 35.5. The molecule has 5 nitrogen and oxygen atoms in total. The topological polar surface area (TPSA) is 52.8 Å². The van der Waals surface area contributed by atoms with Gasteiger partial charge in [0, 0.05) is 30.6 Å². The molecule has 0 saturated heterocycles. The number of hydrogen-bond donors (Lipinski definition) is 0. The van der Waals surface area contributed by atoms with Gasteiger partial charge in [-0.3, -0.25) is 4.68 Å². The highest BCUT2D eigenvalue weighted by Crippen LogP contribution is 2.31. The molecule has 0 amide bonds. The Morgan fingerprint density at radius 1 is 1.19 bits per heavy atom. The van der Waals surface area contributed by atoms with E-state index in [0.29, 0.717) is 5.56 Å². The van der Waals surface area contributed by atoms with Gasteiger partial charge in [0.05, 0.1) is 10.7 Å². The molecule has 0 fully saturated rings. The molecule has 0 radical (unpaired) electrons. The zero-order chi connectivity index (χ0) is 18.9. The first-order valence-electron chi connectivity index (χ1n) is 7.25. The molecule has 0 aliphatic rings. The van der Waals surface area contributed by atoms with Crippen LogP contribution < -0.4 is 4.74 Å². The first-order chi connectivity index (χ1) is 12.3. The van der Waals surface area contributed by atoms with Crippen molar-refractivity contribution in [3.8, 4) is 17.3 Å². The van der Waals surface area contributed by atoms with Crippen LogP contribution in [0.3, 0.4) is 0 Å². The number of halogens is 5. The summed E-state index contributed by atoms with van der Waals surface area (Å²) in [5, 5.41) is 3.63. The fraction of sp³-hybridized carbons (Fsp3) is 0.188. The Labute approximate surface area is 150 Å².